The lowest BCUT2D eigenvalue weighted by Crippen LogP contribution is -2.52. The number of hydrogen-bond donors (Lipinski definition) is 2. The summed E-state index contributed by atoms with van der Waals surface area (Å²) in [7, 11) is 0. The number of aliphatic hydroxyl groups excluding tert-OH is 2. The van der Waals surface area contributed by atoms with Crippen LogP contribution in [0.1, 0.15) is 36.9 Å². The molecule has 4 rings (SSSR count). The fraction of sp³-hybridized carbons (Fsp3) is 0.560. The van der Waals surface area contributed by atoms with Crippen molar-refractivity contribution in [2.75, 3.05) is 50.8 Å². The normalized spacial score (nSPS) is 20.6. The van der Waals surface area contributed by atoms with Crippen LogP contribution in [0.3, 0.4) is 0 Å². The van der Waals surface area contributed by atoms with Crippen molar-refractivity contribution in [1.82, 2.24) is 19.8 Å². The zero-order chi connectivity index (χ0) is 23.2. The quantitative estimate of drug-likeness (QED) is 0.384. The van der Waals surface area contributed by atoms with Gasteiger partial charge in [0.15, 0.2) is 0 Å². The molecule has 176 valence electrons. The second kappa shape index (κ2) is 10.8. The largest absolute Gasteiger partial charge is 0.507 e. The molecular weight excluding hydrogens is 418 g/mol. The van der Waals surface area contributed by atoms with Gasteiger partial charge in [-0.25, -0.2) is 9.97 Å². The molecule has 1 saturated heterocycles. The number of rotatable bonds is 6. The lowest BCUT2D eigenvalue weighted by molar-refractivity contribution is -0.130. The molecule has 0 bridgehead atoms. The Kier molecular flexibility index (Phi) is 7.63. The highest BCUT2D eigenvalue weighted by molar-refractivity contribution is 5.79. The molecule has 0 aromatic carbocycles. The Hall–Kier alpha value is -2.89. The Bertz CT molecular complexity index is 955. The van der Waals surface area contributed by atoms with Gasteiger partial charge < -0.3 is 20.0 Å². The smallest absolute Gasteiger partial charge is 0.227 e. The van der Waals surface area contributed by atoms with Crippen molar-refractivity contribution >= 4 is 11.9 Å². The molecular formula is C25H33N5O3. The van der Waals surface area contributed by atoms with E-state index in [-0.39, 0.29) is 24.7 Å². The zero-order valence-electron chi connectivity index (χ0n) is 19.1. The number of amides is 1. The van der Waals surface area contributed by atoms with E-state index in [2.05, 4.69) is 20.7 Å². The SMILES string of the molecule is C#C/C=C(O)\C(=C/CO)CC(=O)N1CCc2cnc(N3CCN(C4CCC4)CC3)nc2CC1. The van der Waals surface area contributed by atoms with Gasteiger partial charge in [-0.15, -0.1) is 6.42 Å². The first-order valence-electron chi connectivity index (χ1n) is 11.9. The minimum absolute atomic E-state index is 0.0108. The number of allylic oxidation sites excluding steroid dienone is 2. The zero-order valence-corrected chi connectivity index (χ0v) is 19.1. The monoisotopic (exact) mass is 451 g/mol. The van der Waals surface area contributed by atoms with Gasteiger partial charge in [0.05, 0.1) is 18.7 Å². The maximum atomic E-state index is 12.9. The van der Waals surface area contributed by atoms with Crippen LogP contribution in [0.5, 0.6) is 0 Å². The number of carbonyl (C=O) groups excluding carboxylic acids is 1. The Morgan fingerprint density at radius 1 is 1.18 bits per heavy atom. The second-order valence-corrected chi connectivity index (χ2v) is 8.92. The molecule has 1 saturated carbocycles. The van der Waals surface area contributed by atoms with E-state index < -0.39 is 0 Å². The van der Waals surface area contributed by atoms with Crippen LogP contribution >= 0.6 is 0 Å². The van der Waals surface area contributed by atoms with E-state index in [1.807, 2.05) is 6.20 Å². The van der Waals surface area contributed by atoms with Crippen molar-refractivity contribution < 1.29 is 15.0 Å². The molecule has 1 amide bonds. The summed E-state index contributed by atoms with van der Waals surface area (Å²) in [6, 6.07) is 0.778. The van der Waals surface area contributed by atoms with Gasteiger partial charge in [-0.2, -0.15) is 0 Å². The molecule has 33 heavy (non-hydrogen) atoms. The van der Waals surface area contributed by atoms with Crippen molar-refractivity contribution in [3.63, 3.8) is 0 Å². The highest BCUT2D eigenvalue weighted by Crippen LogP contribution is 2.26. The lowest BCUT2D eigenvalue weighted by Gasteiger charge is -2.43. The third kappa shape index (κ3) is 5.55. The highest BCUT2D eigenvalue weighted by atomic mass is 16.3. The first-order valence-corrected chi connectivity index (χ1v) is 11.9. The third-order valence-corrected chi connectivity index (χ3v) is 6.98. The maximum absolute atomic E-state index is 12.9. The molecule has 2 fully saturated rings. The Morgan fingerprint density at radius 3 is 2.61 bits per heavy atom. The van der Waals surface area contributed by atoms with E-state index in [1.54, 1.807) is 4.90 Å². The molecule has 0 spiro atoms. The summed E-state index contributed by atoms with van der Waals surface area (Å²) >= 11 is 0. The minimum Gasteiger partial charge on any atom is -0.507 e. The van der Waals surface area contributed by atoms with Crippen LogP contribution in [0.25, 0.3) is 0 Å². The number of nitrogens with zero attached hydrogens (tertiary/aromatic N) is 5. The molecule has 1 aromatic heterocycles. The molecule has 3 heterocycles. The summed E-state index contributed by atoms with van der Waals surface area (Å²) in [4.78, 5) is 29.1. The van der Waals surface area contributed by atoms with Crippen molar-refractivity contribution in [1.29, 1.82) is 0 Å². The summed E-state index contributed by atoms with van der Waals surface area (Å²) in [6.07, 6.45) is 15.1. The Balaban J connectivity index is 1.36. The third-order valence-electron chi connectivity index (χ3n) is 6.98. The molecule has 1 aromatic rings. The molecule has 1 aliphatic carbocycles. The van der Waals surface area contributed by atoms with Crippen LogP contribution in [0.4, 0.5) is 5.95 Å². The van der Waals surface area contributed by atoms with Gasteiger partial charge in [0.1, 0.15) is 5.76 Å². The fourth-order valence-corrected chi connectivity index (χ4v) is 4.73. The van der Waals surface area contributed by atoms with Crippen LogP contribution < -0.4 is 4.90 Å². The van der Waals surface area contributed by atoms with Crippen molar-refractivity contribution in [3.05, 3.63) is 40.9 Å². The topological polar surface area (TPSA) is 93.0 Å². The number of aromatic nitrogens is 2. The first-order chi connectivity index (χ1) is 16.1. The predicted molar refractivity (Wildman–Crippen MR) is 127 cm³/mol. The van der Waals surface area contributed by atoms with Crippen LogP contribution in [0, 0.1) is 12.3 Å². The van der Waals surface area contributed by atoms with Crippen LogP contribution in [-0.4, -0.2) is 87.8 Å². The van der Waals surface area contributed by atoms with Gasteiger partial charge >= 0.3 is 0 Å². The summed E-state index contributed by atoms with van der Waals surface area (Å²) in [6.45, 7) is 4.90. The number of carbonyl (C=O) groups is 1. The summed E-state index contributed by atoms with van der Waals surface area (Å²) in [5, 5.41) is 19.3. The molecule has 0 radical (unpaired) electrons. The van der Waals surface area contributed by atoms with E-state index in [0.717, 1.165) is 49.4 Å². The van der Waals surface area contributed by atoms with Crippen molar-refractivity contribution in [3.8, 4) is 12.3 Å². The fourth-order valence-electron chi connectivity index (χ4n) is 4.73. The second-order valence-electron chi connectivity index (χ2n) is 8.92. The standard InChI is InChI=1S/C25H33N5O3/c1-2-4-23(32)19(9-16-31)17-24(33)29-10-7-20-18-26-25(27-22(20)8-11-29)30-14-12-28(13-15-30)21-5-3-6-21/h1,4,9,18,21,31-32H,3,5-8,10-17H2/b19-9-,23-4+. The minimum atomic E-state index is -0.274. The Labute approximate surface area is 195 Å². The molecule has 2 N–H and O–H groups in total. The number of terminal acetylenes is 1. The molecule has 0 atom stereocenters. The summed E-state index contributed by atoms with van der Waals surface area (Å²) in [5.41, 5.74) is 2.44. The first kappa shape index (κ1) is 23.3. The molecule has 8 heteroatoms. The number of aliphatic hydroxyl groups is 2. The van der Waals surface area contributed by atoms with Gasteiger partial charge in [0.25, 0.3) is 0 Å². The predicted octanol–water partition coefficient (Wildman–Crippen LogP) is 1.46. The van der Waals surface area contributed by atoms with Gasteiger partial charge in [-0.1, -0.05) is 18.4 Å². The number of anilines is 1. The average Bonchev–Trinajstić information content (AvgIpc) is 3.00. The van der Waals surface area contributed by atoms with Crippen LogP contribution in [0.15, 0.2) is 29.7 Å². The number of piperazine rings is 1. The van der Waals surface area contributed by atoms with Crippen molar-refractivity contribution in [2.45, 2.75) is 44.6 Å². The van der Waals surface area contributed by atoms with E-state index >= 15 is 0 Å². The van der Waals surface area contributed by atoms with Crippen molar-refractivity contribution in [2.24, 2.45) is 0 Å². The van der Waals surface area contributed by atoms with Gasteiger partial charge in [0, 0.05) is 69.6 Å². The van der Waals surface area contributed by atoms with Crippen LogP contribution in [-0.2, 0) is 17.6 Å². The van der Waals surface area contributed by atoms with Gasteiger partial charge in [-0.3, -0.25) is 9.69 Å². The van der Waals surface area contributed by atoms with E-state index in [4.69, 9.17) is 11.4 Å². The molecule has 2 aliphatic heterocycles. The maximum Gasteiger partial charge on any atom is 0.227 e. The number of hydrogen-bond acceptors (Lipinski definition) is 7. The molecule has 0 unspecified atom stereocenters. The van der Waals surface area contributed by atoms with Crippen LogP contribution in [0.2, 0.25) is 0 Å². The van der Waals surface area contributed by atoms with E-state index in [0.29, 0.717) is 31.5 Å². The summed E-state index contributed by atoms with van der Waals surface area (Å²) < 4.78 is 0. The van der Waals surface area contributed by atoms with Gasteiger partial charge in [-0.05, 0) is 24.8 Å². The lowest BCUT2D eigenvalue weighted by atomic mass is 9.91. The summed E-state index contributed by atoms with van der Waals surface area (Å²) in [5.74, 6) is 2.76. The van der Waals surface area contributed by atoms with E-state index in [9.17, 15) is 15.0 Å². The highest BCUT2D eigenvalue weighted by Gasteiger charge is 2.29. The molecule has 8 nitrogen and oxygen atoms in total. The average molecular weight is 452 g/mol. The Morgan fingerprint density at radius 2 is 1.94 bits per heavy atom. The molecule has 3 aliphatic rings. The number of fused-ring (bicyclic) bond motifs is 1. The van der Waals surface area contributed by atoms with Gasteiger partial charge in [0.2, 0.25) is 11.9 Å². The van der Waals surface area contributed by atoms with E-state index in [1.165, 1.54) is 31.4 Å².